The van der Waals surface area contributed by atoms with E-state index < -0.39 is 0 Å². The molecule has 32 heavy (non-hydrogen) atoms. The summed E-state index contributed by atoms with van der Waals surface area (Å²) in [6, 6.07) is 10.1. The molecule has 0 aliphatic carbocycles. The number of benzene rings is 1. The Hall–Kier alpha value is -4.08. The van der Waals surface area contributed by atoms with Crippen LogP contribution in [0.3, 0.4) is 0 Å². The summed E-state index contributed by atoms with van der Waals surface area (Å²) < 4.78 is 1.96. The number of carbonyl (C=O) groups is 1. The molecule has 1 saturated heterocycles. The number of hydrogen-bond donors (Lipinski definition) is 2. The summed E-state index contributed by atoms with van der Waals surface area (Å²) in [5.41, 5.74) is 2.50. The first-order chi connectivity index (χ1) is 15.8. The zero-order valence-corrected chi connectivity index (χ0v) is 17.5. The quantitative estimate of drug-likeness (QED) is 0.439. The molecule has 0 unspecified atom stereocenters. The largest absolute Gasteiger partial charge is 0.364 e. The molecule has 2 N–H and O–H groups in total. The van der Waals surface area contributed by atoms with Crippen molar-refractivity contribution in [2.75, 3.05) is 23.7 Å². The van der Waals surface area contributed by atoms with Gasteiger partial charge < -0.3 is 20.1 Å². The number of aromatic nitrogens is 6. The molecule has 3 aromatic heterocycles. The van der Waals surface area contributed by atoms with Gasteiger partial charge in [-0.1, -0.05) is 30.3 Å². The van der Waals surface area contributed by atoms with E-state index in [2.05, 4.69) is 47.7 Å². The van der Waals surface area contributed by atoms with Crippen LogP contribution in [-0.2, 0) is 17.9 Å². The third-order valence-corrected chi connectivity index (χ3v) is 5.35. The van der Waals surface area contributed by atoms with Crippen molar-refractivity contribution < 1.29 is 4.79 Å². The van der Waals surface area contributed by atoms with Gasteiger partial charge in [0.2, 0.25) is 11.9 Å². The van der Waals surface area contributed by atoms with E-state index in [0.29, 0.717) is 54.8 Å². The Labute approximate surface area is 184 Å². The van der Waals surface area contributed by atoms with Crippen LogP contribution in [0.25, 0.3) is 11.2 Å². The Morgan fingerprint density at radius 1 is 1.03 bits per heavy atom. The molecular weight excluding hydrogens is 406 g/mol. The zero-order chi connectivity index (χ0) is 21.8. The van der Waals surface area contributed by atoms with E-state index in [1.165, 1.54) is 0 Å². The van der Waals surface area contributed by atoms with Gasteiger partial charge in [-0.15, -0.1) is 0 Å². The number of carbonyl (C=O) groups excluding carboxylic acids is 1. The summed E-state index contributed by atoms with van der Waals surface area (Å²) in [5.74, 6) is 1.78. The van der Waals surface area contributed by atoms with Crippen molar-refractivity contribution in [1.29, 1.82) is 0 Å². The fourth-order valence-corrected chi connectivity index (χ4v) is 3.72. The van der Waals surface area contributed by atoms with Crippen molar-refractivity contribution in [2.45, 2.75) is 25.9 Å². The van der Waals surface area contributed by atoms with Gasteiger partial charge in [-0.3, -0.25) is 9.78 Å². The van der Waals surface area contributed by atoms with Crippen LogP contribution >= 0.6 is 0 Å². The van der Waals surface area contributed by atoms with Gasteiger partial charge in [0, 0.05) is 45.0 Å². The van der Waals surface area contributed by atoms with Gasteiger partial charge in [0.1, 0.15) is 0 Å². The molecule has 5 rings (SSSR count). The number of anilines is 3. The van der Waals surface area contributed by atoms with E-state index >= 15 is 0 Å². The molecule has 0 bridgehead atoms. The fraction of sp³-hybridized carbons (Fsp3) is 0.273. The second-order valence-electron chi connectivity index (χ2n) is 7.55. The number of nitrogens with zero attached hydrogens (tertiary/aromatic N) is 7. The lowest BCUT2D eigenvalue weighted by Crippen LogP contribution is -2.28. The Bertz CT molecular complexity index is 1210. The van der Waals surface area contributed by atoms with Crippen LogP contribution in [0.4, 0.5) is 17.6 Å². The molecule has 10 nitrogen and oxygen atoms in total. The minimum absolute atomic E-state index is 0.208. The molecule has 1 aromatic carbocycles. The Kier molecular flexibility index (Phi) is 5.56. The first kappa shape index (κ1) is 19.9. The van der Waals surface area contributed by atoms with Crippen LogP contribution in [0.15, 0.2) is 55.2 Å². The van der Waals surface area contributed by atoms with Crippen LogP contribution in [0, 0.1) is 0 Å². The SMILES string of the molecule is O=C1CCCN1CCn1cnc2c(NCc3ccccc3)nc(Nc3cnccn3)nc21. The average molecular weight is 429 g/mol. The smallest absolute Gasteiger partial charge is 0.232 e. The minimum atomic E-state index is 0.208. The van der Waals surface area contributed by atoms with Crippen LogP contribution in [0.5, 0.6) is 0 Å². The zero-order valence-electron chi connectivity index (χ0n) is 17.5. The lowest BCUT2D eigenvalue weighted by Gasteiger charge is -2.16. The van der Waals surface area contributed by atoms with E-state index in [0.717, 1.165) is 18.5 Å². The molecule has 1 amide bonds. The van der Waals surface area contributed by atoms with E-state index in [1.54, 1.807) is 24.9 Å². The predicted octanol–water partition coefficient (Wildman–Crippen LogP) is 2.59. The molecule has 10 heteroatoms. The number of imidazole rings is 1. The van der Waals surface area contributed by atoms with E-state index in [9.17, 15) is 4.79 Å². The van der Waals surface area contributed by atoms with Crippen molar-refractivity contribution in [3.63, 3.8) is 0 Å². The van der Waals surface area contributed by atoms with E-state index in [-0.39, 0.29) is 5.91 Å². The Balaban J connectivity index is 1.44. The van der Waals surface area contributed by atoms with E-state index in [4.69, 9.17) is 0 Å². The standard InChI is InChI=1S/C22H23N9O/c32-18-7-4-10-30(18)11-12-31-15-26-19-20(25-13-16-5-2-1-3-6-16)28-22(29-21(19)31)27-17-14-23-8-9-24-17/h1-3,5-6,8-9,14-15H,4,7,10-13H2,(H2,24,25,27,28,29). The molecule has 1 aliphatic rings. The molecular formula is C22H23N9O. The summed E-state index contributed by atoms with van der Waals surface area (Å²) >= 11 is 0. The number of fused-ring (bicyclic) bond motifs is 1. The van der Waals surface area contributed by atoms with Gasteiger partial charge in [-0.25, -0.2) is 9.97 Å². The van der Waals surface area contributed by atoms with Crippen molar-refractivity contribution in [3.05, 3.63) is 60.8 Å². The van der Waals surface area contributed by atoms with Crippen molar-refractivity contribution >= 4 is 34.7 Å². The molecule has 0 saturated carbocycles. The third kappa shape index (κ3) is 4.34. The lowest BCUT2D eigenvalue weighted by atomic mass is 10.2. The van der Waals surface area contributed by atoms with Gasteiger partial charge in [-0.05, 0) is 12.0 Å². The van der Waals surface area contributed by atoms with Gasteiger partial charge in [0.05, 0.1) is 12.5 Å². The first-order valence-electron chi connectivity index (χ1n) is 10.6. The minimum Gasteiger partial charge on any atom is -0.364 e. The lowest BCUT2D eigenvalue weighted by molar-refractivity contribution is -0.127. The number of hydrogen-bond acceptors (Lipinski definition) is 8. The summed E-state index contributed by atoms with van der Waals surface area (Å²) in [6.45, 7) is 2.66. The summed E-state index contributed by atoms with van der Waals surface area (Å²) in [7, 11) is 0. The highest BCUT2D eigenvalue weighted by molar-refractivity contribution is 5.84. The predicted molar refractivity (Wildman–Crippen MR) is 120 cm³/mol. The second kappa shape index (κ2) is 8.96. The average Bonchev–Trinajstić information content (AvgIpc) is 3.43. The van der Waals surface area contributed by atoms with Gasteiger partial charge >= 0.3 is 0 Å². The highest BCUT2D eigenvalue weighted by Crippen LogP contribution is 2.23. The number of nitrogens with one attached hydrogen (secondary N) is 2. The van der Waals surface area contributed by atoms with Crippen molar-refractivity contribution in [1.82, 2.24) is 34.4 Å². The fourth-order valence-electron chi connectivity index (χ4n) is 3.72. The third-order valence-electron chi connectivity index (χ3n) is 5.35. The molecule has 162 valence electrons. The Morgan fingerprint density at radius 2 is 1.94 bits per heavy atom. The highest BCUT2D eigenvalue weighted by Gasteiger charge is 2.20. The summed E-state index contributed by atoms with van der Waals surface area (Å²) in [5, 5.41) is 6.49. The van der Waals surface area contributed by atoms with Crippen LogP contribution in [0.2, 0.25) is 0 Å². The normalized spacial score (nSPS) is 13.6. The maximum atomic E-state index is 12.0. The van der Waals surface area contributed by atoms with E-state index in [1.807, 2.05) is 27.7 Å². The van der Waals surface area contributed by atoms with Crippen molar-refractivity contribution in [3.8, 4) is 0 Å². The van der Waals surface area contributed by atoms with Crippen LogP contribution in [0.1, 0.15) is 18.4 Å². The molecule has 1 fully saturated rings. The monoisotopic (exact) mass is 429 g/mol. The molecule has 4 aromatic rings. The first-order valence-corrected chi connectivity index (χ1v) is 10.6. The summed E-state index contributed by atoms with van der Waals surface area (Å²) in [6.07, 6.45) is 8.13. The topological polar surface area (TPSA) is 114 Å². The number of amides is 1. The van der Waals surface area contributed by atoms with Crippen LogP contribution < -0.4 is 10.6 Å². The molecule has 1 aliphatic heterocycles. The highest BCUT2D eigenvalue weighted by atomic mass is 16.2. The molecule has 4 heterocycles. The second-order valence-corrected chi connectivity index (χ2v) is 7.55. The maximum Gasteiger partial charge on any atom is 0.232 e. The number of likely N-dealkylation sites (tertiary alicyclic amines) is 1. The molecule has 0 atom stereocenters. The summed E-state index contributed by atoms with van der Waals surface area (Å²) in [4.78, 5) is 36.1. The van der Waals surface area contributed by atoms with Crippen molar-refractivity contribution in [2.24, 2.45) is 0 Å². The number of rotatable bonds is 8. The molecule has 0 spiro atoms. The molecule has 0 radical (unpaired) electrons. The van der Waals surface area contributed by atoms with Gasteiger partial charge in [-0.2, -0.15) is 9.97 Å². The van der Waals surface area contributed by atoms with Crippen LogP contribution in [-0.4, -0.2) is 53.4 Å². The Morgan fingerprint density at radius 3 is 2.72 bits per heavy atom. The maximum absolute atomic E-state index is 12.0. The van der Waals surface area contributed by atoms with Gasteiger partial charge in [0.25, 0.3) is 0 Å². The van der Waals surface area contributed by atoms with Gasteiger partial charge in [0.15, 0.2) is 22.8 Å².